The first-order valence-electron chi connectivity index (χ1n) is 8.50. The van der Waals surface area contributed by atoms with Crippen LogP contribution < -0.4 is 0 Å². The summed E-state index contributed by atoms with van der Waals surface area (Å²) in [7, 11) is 0. The Kier molecular flexibility index (Phi) is 5.34. The Bertz CT molecular complexity index is 907. The predicted octanol–water partition coefficient (Wildman–Crippen LogP) is 5.68. The molecule has 0 atom stereocenters. The molecule has 1 heterocycles. The van der Waals surface area contributed by atoms with E-state index in [4.69, 9.17) is 21.3 Å². The van der Waals surface area contributed by atoms with Gasteiger partial charge in [0.2, 0.25) is 0 Å². The third-order valence-corrected chi connectivity index (χ3v) is 4.29. The van der Waals surface area contributed by atoms with Gasteiger partial charge in [-0.15, -0.1) is 0 Å². The van der Waals surface area contributed by atoms with Gasteiger partial charge in [-0.2, -0.15) is 0 Å². The van der Waals surface area contributed by atoms with E-state index in [1.807, 2.05) is 55.5 Å². The molecule has 0 amide bonds. The fraction of sp³-hybridized carbons (Fsp3) is 0.238. The topological polar surface area (TPSA) is 39.2 Å². The zero-order chi connectivity index (χ0) is 17.8. The number of carbonyl (C=O) groups is 1. The molecule has 0 saturated carbocycles. The molecule has 128 valence electrons. The lowest BCUT2D eigenvalue weighted by atomic mass is 9.93. The summed E-state index contributed by atoms with van der Waals surface area (Å²) in [6.45, 7) is 4.21. The minimum absolute atomic E-state index is 0.325. The summed E-state index contributed by atoms with van der Waals surface area (Å²) < 4.78 is 5.34. The number of esters is 1. The highest BCUT2D eigenvalue weighted by molar-refractivity contribution is 6.31. The molecule has 0 aliphatic carbocycles. The van der Waals surface area contributed by atoms with Crippen LogP contribution in [0.4, 0.5) is 0 Å². The summed E-state index contributed by atoms with van der Waals surface area (Å²) in [4.78, 5) is 17.5. The molecule has 3 rings (SSSR count). The van der Waals surface area contributed by atoms with Crippen LogP contribution in [0.2, 0.25) is 5.02 Å². The Balaban J connectivity index is 2.40. The van der Waals surface area contributed by atoms with E-state index >= 15 is 0 Å². The Morgan fingerprint density at radius 2 is 1.88 bits per heavy atom. The summed E-state index contributed by atoms with van der Waals surface area (Å²) in [5, 5.41) is 1.53. The van der Waals surface area contributed by atoms with Crippen LogP contribution in [0.15, 0.2) is 48.5 Å². The number of nitrogens with zero attached hydrogens (tertiary/aromatic N) is 1. The van der Waals surface area contributed by atoms with Crippen molar-refractivity contribution in [1.82, 2.24) is 4.98 Å². The number of carbonyl (C=O) groups excluding carboxylic acids is 1. The van der Waals surface area contributed by atoms with Crippen molar-refractivity contribution >= 4 is 28.5 Å². The number of halogens is 1. The third-order valence-electron chi connectivity index (χ3n) is 4.05. The Hall–Kier alpha value is -2.39. The number of rotatable bonds is 5. The first-order chi connectivity index (χ1) is 12.2. The van der Waals surface area contributed by atoms with E-state index < -0.39 is 0 Å². The van der Waals surface area contributed by atoms with Crippen molar-refractivity contribution in [2.45, 2.75) is 26.7 Å². The van der Waals surface area contributed by atoms with Crippen molar-refractivity contribution in [1.29, 1.82) is 0 Å². The van der Waals surface area contributed by atoms with Crippen LogP contribution in [0.5, 0.6) is 0 Å². The predicted molar refractivity (Wildman–Crippen MR) is 102 cm³/mol. The molecule has 0 aliphatic rings. The van der Waals surface area contributed by atoms with Gasteiger partial charge < -0.3 is 4.74 Å². The van der Waals surface area contributed by atoms with Gasteiger partial charge in [0.1, 0.15) is 0 Å². The quantitative estimate of drug-likeness (QED) is 0.553. The maximum Gasteiger partial charge on any atom is 0.340 e. The van der Waals surface area contributed by atoms with E-state index in [1.165, 1.54) is 0 Å². The van der Waals surface area contributed by atoms with Crippen molar-refractivity contribution in [3.8, 4) is 11.1 Å². The Morgan fingerprint density at radius 1 is 1.12 bits per heavy atom. The normalized spacial score (nSPS) is 10.8. The van der Waals surface area contributed by atoms with E-state index in [0.29, 0.717) is 23.6 Å². The fourth-order valence-corrected chi connectivity index (χ4v) is 3.20. The molecular weight excluding hydrogens is 334 g/mol. The number of aryl methyl sites for hydroxylation is 1. The van der Waals surface area contributed by atoms with Gasteiger partial charge in [-0.25, -0.2) is 4.79 Å². The minimum Gasteiger partial charge on any atom is -0.462 e. The molecule has 0 unspecified atom stereocenters. The molecule has 1 aromatic heterocycles. The van der Waals surface area contributed by atoms with E-state index in [9.17, 15) is 4.79 Å². The molecule has 3 nitrogen and oxygen atoms in total. The van der Waals surface area contributed by atoms with Crippen LogP contribution in [0.25, 0.3) is 22.0 Å². The Labute approximate surface area is 152 Å². The molecule has 0 radical (unpaired) electrons. The average molecular weight is 354 g/mol. The summed E-state index contributed by atoms with van der Waals surface area (Å²) in [6, 6.07) is 15.5. The molecule has 25 heavy (non-hydrogen) atoms. The molecule has 4 heteroatoms. The molecule has 0 spiro atoms. The van der Waals surface area contributed by atoms with Gasteiger partial charge in [-0.3, -0.25) is 4.98 Å². The van der Waals surface area contributed by atoms with Crippen molar-refractivity contribution in [3.05, 3.63) is 64.8 Å². The second kappa shape index (κ2) is 7.66. The molecule has 0 aliphatic heterocycles. The van der Waals surface area contributed by atoms with Gasteiger partial charge in [-0.05, 0) is 31.0 Å². The van der Waals surface area contributed by atoms with Crippen molar-refractivity contribution in [2.75, 3.05) is 6.61 Å². The van der Waals surface area contributed by atoms with Gasteiger partial charge in [0.25, 0.3) is 0 Å². The highest BCUT2D eigenvalue weighted by Gasteiger charge is 2.23. The molecule has 0 saturated heterocycles. The van der Waals surface area contributed by atoms with Gasteiger partial charge in [0, 0.05) is 16.0 Å². The summed E-state index contributed by atoms with van der Waals surface area (Å²) in [6.07, 6.45) is 1.59. The summed E-state index contributed by atoms with van der Waals surface area (Å²) in [5.74, 6) is -0.325. The van der Waals surface area contributed by atoms with Gasteiger partial charge in [0.05, 0.1) is 23.4 Å². The second-order valence-corrected chi connectivity index (χ2v) is 6.24. The molecule has 2 aromatic carbocycles. The number of fused-ring (bicyclic) bond motifs is 1. The van der Waals surface area contributed by atoms with Crippen LogP contribution in [0, 0.1) is 0 Å². The van der Waals surface area contributed by atoms with Crippen LogP contribution >= 0.6 is 11.6 Å². The van der Waals surface area contributed by atoms with Gasteiger partial charge in [-0.1, -0.05) is 61.3 Å². The largest absolute Gasteiger partial charge is 0.462 e. The number of aromatic nitrogens is 1. The van der Waals surface area contributed by atoms with Crippen LogP contribution in [-0.2, 0) is 11.2 Å². The summed E-state index contributed by atoms with van der Waals surface area (Å²) >= 11 is 6.17. The number of pyridine rings is 1. The van der Waals surface area contributed by atoms with Crippen molar-refractivity contribution in [2.24, 2.45) is 0 Å². The van der Waals surface area contributed by atoms with Gasteiger partial charge >= 0.3 is 5.97 Å². The number of ether oxygens (including phenoxy) is 1. The van der Waals surface area contributed by atoms with E-state index in [2.05, 4.69) is 6.92 Å². The molecule has 0 N–H and O–H groups in total. The SMILES string of the molecule is CCCc1nc2cc(Cl)ccc2c(-c2ccccc2)c1C(=O)OCC. The zero-order valence-corrected chi connectivity index (χ0v) is 15.1. The lowest BCUT2D eigenvalue weighted by Crippen LogP contribution is -2.12. The number of hydrogen-bond acceptors (Lipinski definition) is 3. The third kappa shape index (κ3) is 3.52. The van der Waals surface area contributed by atoms with E-state index in [-0.39, 0.29) is 5.97 Å². The molecule has 0 bridgehead atoms. The van der Waals surface area contributed by atoms with Crippen LogP contribution in [0.3, 0.4) is 0 Å². The molecule has 0 fully saturated rings. The highest BCUT2D eigenvalue weighted by Crippen LogP contribution is 2.35. The van der Waals surface area contributed by atoms with Crippen LogP contribution in [-0.4, -0.2) is 17.6 Å². The van der Waals surface area contributed by atoms with E-state index in [1.54, 1.807) is 0 Å². The first kappa shape index (κ1) is 17.4. The molecule has 3 aromatic rings. The monoisotopic (exact) mass is 353 g/mol. The van der Waals surface area contributed by atoms with Crippen molar-refractivity contribution in [3.63, 3.8) is 0 Å². The lowest BCUT2D eigenvalue weighted by molar-refractivity contribution is 0.0525. The van der Waals surface area contributed by atoms with Crippen LogP contribution in [0.1, 0.15) is 36.3 Å². The standard InChI is InChI=1S/C21H20ClNO2/c1-3-8-17-20(21(24)25-4-2)19(14-9-6-5-7-10-14)16-12-11-15(22)13-18(16)23-17/h5-7,9-13H,3-4,8H2,1-2H3. The van der Waals surface area contributed by atoms with E-state index in [0.717, 1.165) is 34.1 Å². The fourth-order valence-electron chi connectivity index (χ4n) is 3.03. The average Bonchev–Trinajstić information content (AvgIpc) is 2.61. The van der Waals surface area contributed by atoms with Crippen molar-refractivity contribution < 1.29 is 9.53 Å². The lowest BCUT2D eigenvalue weighted by Gasteiger charge is -2.16. The number of benzene rings is 2. The zero-order valence-electron chi connectivity index (χ0n) is 14.4. The maximum absolute atomic E-state index is 12.8. The number of hydrogen-bond donors (Lipinski definition) is 0. The minimum atomic E-state index is -0.325. The highest BCUT2D eigenvalue weighted by atomic mass is 35.5. The molecular formula is C21H20ClNO2. The smallest absolute Gasteiger partial charge is 0.340 e. The first-order valence-corrected chi connectivity index (χ1v) is 8.88. The Morgan fingerprint density at radius 3 is 2.56 bits per heavy atom. The van der Waals surface area contributed by atoms with Gasteiger partial charge in [0.15, 0.2) is 0 Å². The summed E-state index contributed by atoms with van der Waals surface area (Å²) in [5.41, 5.74) is 3.95. The maximum atomic E-state index is 12.8. The second-order valence-electron chi connectivity index (χ2n) is 5.81.